The molecule has 0 fully saturated rings. The number of para-hydroxylation sites is 1. The second-order valence-electron chi connectivity index (χ2n) is 4.79. The second-order valence-corrected chi connectivity index (χ2v) is 4.79. The molecule has 0 unspecified atom stereocenters. The zero-order chi connectivity index (χ0) is 13.3. The number of imidazole rings is 1. The maximum Gasteiger partial charge on any atom is 0.151 e. The Morgan fingerprint density at radius 3 is 2.50 bits per heavy atom. The SMILES string of the molecule is CCC(CC)(CN)c1nc2c(F)cccc2n1C. The zero-order valence-corrected chi connectivity index (χ0v) is 11.2. The lowest BCUT2D eigenvalue weighted by molar-refractivity contribution is 0.374. The van der Waals surface area contributed by atoms with Crippen LogP contribution in [0.5, 0.6) is 0 Å². The normalized spacial score (nSPS) is 12.3. The summed E-state index contributed by atoms with van der Waals surface area (Å²) in [6.45, 7) is 4.73. The van der Waals surface area contributed by atoms with E-state index in [1.165, 1.54) is 6.07 Å². The number of fused-ring (bicyclic) bond motifs is 1. The summed E-state index contributed by atoms with van der Waals surface area (Å²) < 4.78 is 15.7. The average Bonchev–Trinajstić information content (AvgIpc) is 2.73. The number of aryl methyl sites for hydroxylation is 1. The molecule has 1 aromatic carbocycles. The molecular formula is C14H20FN3. The number of rotatable bonds is 4. The number of benzene rings is 1. The van der Waals surface area contributed by atoms with Crippen molar-refractivity contribution in [3.8, 4) is 0 Å². The number of hydrogen-bond acceptors (Lipinski definition) is 2. The van der Waals surface area contributed by atoms with E-state index in [0.29, 0.717) is 12.1 Å². The minimum atomic E-state index is -0.271. The summed E-state index contributed by atoms with van der Waals surface area (Å²) in [6, 6.07) is 5.05. The van der Waals surface area contributed by atoms with Crippen molar-refractivity contribution in [3.63, 3.8) is 0 Å². The number of aromatic nitrogens is 2. The molecule has 0 aliphatic rings. The minimum Gasteiger partial charge on any atom is -0.331 e. The van der Waals surface area contributed by atoms with Crippen LogP contribution in [0.15, 0.2) is 18.2 Å². The highest BCUT2D eigenvalue weighted by Crippen LogP contribution is 2.32. The topological polar surface area (TPSA) is 43.8 Å². The number of hydrogen-bond donors (Lipinski definition) is 1. The molecular weight excluding hydrogens is 229 g/mol. The van der Waals surface area contributed by atoms with Gasteiger partial charge in [0.15, 0.2) is 5.82 Å². The Bertz CT molecular complexity index is 547. The standard InChI is InChI=1S/C14H20FN3/c1-4-14(5-2,9-16)13-17-12-10(15)7-6-8-11(12)18(13)3/h6-8H,4-5,9,16H2,1-3H3. The molecule has 0 spiro atoms. The molecule has 3 nitrogen and oxygen atoms in total. The Balaban J connectivity index is 2.72. The van der Waals surface area contributed by atoms with Crippen LogP contribution in [0, 0.1) is 5.82 Å². The van der Waals surface area contributed by atoms with Crippen LogP contribution >= 0.6 is 0 Å². The highest BCUT2D eigenvalue weighted by atomic mass is 19.1. The van der Waals surface area contributed by atoms with Gasteiger partial charge in [0.1, 0.15) is 11.3 Å². The van der Waals surface area contributed by atoms with E-state index in [4.69, 9.17) is 5.73 Å². The van der Waals surface area contributed by atoms with Crippen molar-refractivity contribution in [2.75, 3.05) is 6.54 Å². The number of nitrogens with two attached hydrogens (primary N) is 1. The monoisotopic (exact) mass is 249 g/mol. The van der Waals surface area contributed by atoms with Crippen LogP contribution < -0.4 is 5.73 Å². The van der Waals surface area contributed by atoms with Gasteiger partial charge in [0.25, 0.3) is 0 Å². The van der Waals surface area contributed by atoms with Gasteiger partial charge in [-0.05, 0) is 25.0 Å². The molecule has 4 heteroatoms. The molecule has 0 aliphatic carbocycles. The summed E-state index contributed by atoms with van der Waals surface area (Å²) in [7, 11) is 1.93. The van der Waals surface area contributed by atoms with E-state index in [0.717, 1.165) is 24.2 Å². The summed E-state index contributed by atoms with van der Waals surface area (Å²) in [6.07, 6.45) is 1.80. The Hall–Kier alpha value is -1.42. The first-order chi connectivity index (χ1) is 8.59. The molecule has 0 atom stereocenters. The van der Waals surface area contributed by atoms with Gasteiger partial charge in [-0.15, -0.1) is 0 Å². The van der Waals surface area contributed by atoms with E-state index < -0.39 is 0 Å². The van der Waals surface area contributed by atoms with Gasteiger partial charge in [0.2, 0.25) is 0 Å². The lowest BCUT2D eigenvalue weighted by Gasteiger charge is -2.29. The fraction of sp³-hybridized carbons (Fsp3) is 0.500. The molecule has 1 heterocycles. The molecule has 2 N–H and O–H groups in total. The predicted molar refractivity (Wildman–Crippen MR) is 72.0 cm³/mol. The molecule has 0 bridgehead atoms. The van der Waals surface area contributed by atoms with E-state index in [2.05, 4.69) is 18.8 Å². The van der Waals surface area contributed by atoms with Gasteiger partial charge < -0.3 is 10.3 Å². The van der Waals surface area contributed by atoms with E-state index in [1.807, 2.05) is 17.7 Å². The zero-order valence-electron chi connectivity index (χ0n) is 11.2. The first-order valence-electron chi connectivity index (χ1n) is 6.41. The molecule has 98 valence electrons. The fourth-order valence-corrected chi connectivity index (χ4v) is 2.60. The first-order valence-corrected chi connectivity index (χ1v) is 6.41. The van der Waals surface area contributed by atoms with Gasteiger partial charge in [-0.2, -0.15) is 0 Å². The van der Waals surface area contributed by atoms with Crippen molar-refractivity contribution in [2.45, 2.75) is 32.1 Å². The Morgan fingerprint density at radius 2 is 2.00 bits per heavy atom. The molecule has 0 aliphatic heterocycles. The lowest BCUT2D eigenvalue weighted by Crippen LogP contribution is -2.36. The Kier molecular flexibility index (Phi) is 3.39. The van der Waals surface area contributed by atoms with Crippen molar-refractivity contribution in [1.29, 1.82) is 0 Å². The Labute approximate surface area is 107 Å². The molecule has 18 heavy (non-hydrogen) atoms. The third kappa shape index (κ3) is 1.72. The highest BCUT2D eigenvalue weighted by Gasteiger charge is 2.32. The smallest absolute Gasteiger partial charge is 0.151 e. The molecule has 2 aromatic rings. The van der Waals surface area contributed by atoms with Crippen LogP contribution in [0.2, 0.25) is 0 Å². The molecule has 1 aromatic heterocycles. The fourth-order valence-electron chi connectivity index (χ4n) is 2.60. The van der Waals surface area contributed by atoms with Gasteiger partial charge >= 0.3 is 0 Å². The van der Waals surface area contributed by atoms with Gasteiger partial charge in [0, 0.05) is 19.0 Å². The van der Waals surface area contributed by atoms with Crippen LogP contribution in [-0.2, 0) is 12.5 Å². The summed E-state index contributed by atoms with van der Waals surface area (Å²) in [5.41, 5.74) is 7.04. The van der Waals surface area contributed by atoms with Gasteiger partial charge in [0.05, 0.1) is 5.52 Å². The van der Waals surface area contributed by atoms with E-state index in [1.54, 1.807) is 6.07 Å². The third-order valence-corrected chi connectivity index (χ3v) is 4.08. The lowest BCUT2D eigenvalue weighted by atomic mass is 9.81. The third-order valence-electron chi connectivity index (χ3n) is 4.08. The van der Waals surface area contributed by atoms with Crippen molar-refractivity contribution in [2.24, 2.45) is 12.8 Å². The largest absolute Gasteiger partial charge is 0.331 e. The van der Waals surface area contributed by atoms with Gasteiger partial charge in [-0.1, -0.05) is 19.9 Å². The minimum absolute atomic E-state index is 0.166. The first kappa shape index (κ1) is 13.0. The second kappa shape index (κ2) is 4.69. The van der Waals surface area contributed by atoms with Crippen LogP contribution in [0.1, 0.15) is 32.5 Å². The van der Waals surface area contributed by atoms with Crippen LogP contribution in [0.25, 0.3) is 11.0 Å². The highest BCUT2D eigenvalue weighted by molar-refractivity contribution is 5.76. The molecule has 0 amide bonds. The van der Waals surface area contributed by atoms with E-state index in [-0.39, 0.29) is 11.2 Å². The summed E-state index contributed by atoms with van der Waals surface area (Å²) in [4.78, 5) is 4.50. The number of nitrogens with zero attached hydrogens (tertiary/aromatic N) is 2. The van der Waals surface area contributed by atoms with Crippen molar-refractivity contribution in [1.82, 2.24) is 9.55 Å². The molecule has 0 radical (unpaired) electrons. The van der Waals surface area contributed by atoms with Crippen LogP contribution in [-0.4, -0.2) is 16.1 Å². The summed E-state index contributed by atoms with van der Waals surface area (Å²) in [5, 5.41) is 0. The van der Waals surface area contributed by atoms with E-state index in [9.17, 15) is 4.39 Å². The van der Waals surface area contributed by atoms with Gasteiger partial charge in [-0.25, -0.2) is 9.37 Å². The van der Waals surface area contributed by atoms with Gasteiger partial charge in [-0.3, -0.25) is 0 Å². The molecule has 2 rings (SSSR count). The Morgan fingerprint density at radius 1 is 1.33 bits per heavy atom. The predicted octanol–water partition coefficient (Wildman–Crippen LogP) is 2.73. The number of halogens is 1. The van der Waals surface area contributed by atoms with Crippen molar-refractivity contribution < 1.29 is 4.39 Å². The van der Waals surface area contributed by atoms with Crippen molar-refractivity contribution >= 4 is 11.0 Å². The molecule has 0 saturated carbocycles. The van der Waals surface area contributed by atoms with Crippen LogP contribution in [0.4, 0.5) is 4.39 Å². The molecule has 0 saturated heterocycles. The van der Waals surface area contributed by atoms with Crippen LogP contribution in [0.3, 0.4) is 0 Å². The van der Waals surface area contributed by atoms with E-state index >= 15 is 0 Å². The maximum atomic E-state index is 13.8. The maximum absolute atomic E-state index is 13.8. The quantitative estimate of drug-likeness (QED) is 0.905. The van der Waals surface area contributed by atoms with Crippen molar-refractivity contribution in [3.05, 3.63) is 29.8 Å². The summed E-state index contributed by atoms with van der Waals surface area (Å²) in [5.74, 6) is 0.613. The summed E-state index contributed by atoms with van der Waals surface area (Å²) >= 11 is 0. The average molecular weight is 249 g/mol.